The Morgan fingerprint density at radius 3 is 1.50 bits per heavy atom. The molecule has 0 bridgehead atoms. The molecule has 0 aliphatic heterocycles. The summed E-state index contributed by atoms with van der Waals surface area (Å²) in [6.07, 6.45) is 0. The van der Waals surface area contributed by atoms with Crippen molar-refractivity contribution in [1.29, 1.82) is 0 Å². The molecular formula is C60H39NO. The Hall–Kier alpha value is -8.20. The number of para-hydroxylation sites is 1. The van der Waals surface area contributed by atoms with E-state index in [9.17, 15) is 0 Å². The summed E-state index contributed by atoms with van der Waals surface area (Å²) < 4.78 is 6.25. The largest absolute Gasteiger partial charge is 0.456 e. The third-order valence-corrected chi connectivity index (χ3v) is 12.4. The first kappa shape index (κ1) is 35.7. The molecule has 0 aliphatic rings. The maximum absolute atomic E-state index is 6.25. The lowest BCUT2D eigenvalue weighted by atomic mass is 9.96. The topological polar surface area (TPSA) is 16.4 Å². The van der Waals surface area contributed by atoms with Gasteiger partial charge in [0.2, 0.25) is 0 Å². The van der Waals surface area contributed by atoms with Crippen LogP contribution in [0.15, 0.2) is 241 Å². The van der Waals surface area contributed by atoms with Gasteiger partial charge in [0.1, 0.15) is 11.2 Å². The van der Waals surface area contributed by atoms with Gasteiger partial charge in [-0.2, -0.15) is 0 Å². The molecule has 62 heavy (non-hydrogen) atoms. The van der Waals surface area contributed by atoms with Crippen LogP contribution in [0.3, 0.4) is 0 Å². The SMILES string of the molecule is c1cc(-c2ccc(-c3ccc4ccc5ccccc5c4c3)cc2)cc(N(c2ccc(-c3ccc4ccccc4c3)cc2)c2ccc(-c3cccc4oc5ccccc5c34)cc2)c1. The predicted octanol–water partition coefficient (Wildman–Crippen LogP) is 17.2. The number of nitrogens with zero attached hydrogens (tertiary/aromatic N) is 1. The van der Waals surface area contributed by atoms with Gasteiger partial charge in [0.15, 0.2) is 0 Å². The molecule has 0 saturated heterocycles. The van der Waals surface area contributed by atoms with Crippen molar-refractivity contribution in [2.75, 3.05) is 4.90 Å². The second-order valence-corrected chi connectivity index (χ2v) is 16.1. The summed E-state index contributed by atoms with van der Waals surface area (Å²) in [6, 6.07) is 85.6. The van der Waals surface area contributed by atoms with Crippen LogP contribution in [0.4, 0.5) is 17.1 Å². The molecule has 2 heteroatoms. The van der Waals surface area contributed by atoms with Crippen LogP contribution in [-0.4, -0.2) is 0 Å². The molecule has 12 aromatic rings. The van der Waals surface area contributed by atoms with E-state index in [0.29, 0.717) is 0 Å². The zero-order valence-corrected chi connectivity index (χ0v) is 33.9. The maximum atomic E-state index is 6.25. The van der Waals surface area contributed by atoms with Gasteiger partial charge in [0.05, 0.1) is 0 Å². The summed E-state index contributed by atoms with van der Waals surface area (Å²) in [5, 5.41) is 9.85. The zero-order valence-electron chi connectivity index (χ0n) is 33.9. The van der Waals surface area contributed by atoms with Crippen molar-refractivity contribution in [3.63, 3.8) is 0 Å². The zero-order chi connectivity index (χ0) is 41.0. The Bertz CT molecular complexity index is 3620. The first-order chi connectivity index (χ1) is 30.7. The molecule has 0 saturated carbocycles. The minimum absolute atomic E-state index is 0.900. The number of hydrogen-bond acceptors (Lipinski definition) is 2. The summed E-state index contributed by atoms with van der Waals surface area (Å²) in [5.41, 5.74) is 14.5. The molecule has 1 heterocycles. The Labute approximate surface area is 360 Å². The van der Waals surface area contributed by atoms with E-state index in [1.165, 1.54) is 60.1 Å². The van der Waals surface area contributed by atoms with Crippen molar-refractivity contribution in [3.8, 4) is 44.5 Å². The van der Waals surface area contributed by atoms with Crippen LogP contribution >= 0.6 is 0 Å². The number of anilines is 3. The molecule has 0 atom stereocenters. The molecule has 1 aromatic heterocycles. The van der Waals surface area contributed by atoms with Crippen molar-refractivity contribution >= 4 is 71.3 Å². The van der Waals surface area contributed by atoms with Crippen LogP contribution in [-0.2, 0) is 0 Å². The van der Waals surface area contributed by atoms with E-state index in [-0.39, 0.29) is 0 Å². The van der Waals surface area contributed by atoms with Gasteiger partial charge in [-0.25, -0.2) is 0 Å². The lowest BCUT2D eigenvalue weighted by molar-refractivity contribution is 0.669. The molecule has 0 unspecified atom stereocenters. The Kier molecular flexibility index (Phi) is 8.53. The van der Waals surface area contributed by atoms with Crippen molar-refractivity contribution in [2.24, 2.45) is 0 Å². The van der Waals surface area contributed by atoms with E-state index >= 15 is 0 Å². The summed E-state index contributed by atoms with van der Waals surface area (Å²) in [6.45, 7) is 0. The van der Waals surface area contributed by atoms with E-state index in [0.717, 1.165) is 55.7 Å². The fourth-order valence-electron chi connectivity index (χ4n) is 9.29. The van der Waals surface area contributed by atoms with Crippen LogP contribution in [0.2, 0.25) is 0 Å². The molecule has 11 aromatic carbocycles. The number of hydrogen-bond donors (Lipinski definition) is 0. The summed E-state index contributed by atoms with van der Waals surface area (Å²) in [7, 11) is 0. The highest BCUT2D eigenvalue weighted by Crippen LogP contribution is 2.41. The molecule has 0 fully saturated rings. The van der Waals surface area contributed by atoms with Gasteiger partial charge in [0.25, 0.3) is 0 Å². The minimum Gasteiger partial charge on any atom is -0.456 e. The number of benzene rings is 11. The molecule has 12 rings (SSSR count). The Morgan fingerprint density at radius 1 is 0.258 bits per heavy atom. The van der Waals surface area contributed by atoms with Crippen LogP contribution in [0, 0.1) is 0 Å². The van der Waals surface area contributed by atoms with Gasteiger partial charge in [-0.15, -0.1) is 0 Å². The molecule has 0 spiro atoms. The Balaban J connectivity index is 0.917. The molecular weight excluding hydrogens is 751 g/mol. The molecule has 0 aliphatic carbocycles. The maximum Gasteiger partial charge on any atom is 0.136 e. The van der Waals surface area contributed by atoms with Crippen molar-refractivity contribution in [2.45, 2.75) is 0 Å². The second kappa shape index (κ2) is 14.8. The highest BCUT2D eigenvalue weighted by atomic mass is 16.3. The lowest BCUT2D eigenvalue weighted by Crippen LogP contribution is -2.10. The quantitative estimate of drug-likeness (QED) is 0.150. The van der Waals surface area contributed by atoms with Gasteiger partial charge >= 0.3 is 0 Å². The molecule has 0 radical (unpaired) electrons. The van der Waals surface area contributed by atoms with E-state index in [1.54, 1.807) is 0 Å². The summed E-state index contributed by atoms with van der Waals surface area (Å²) in [5.74, 6) is 0. The highest BCUT2D eigenvalue weighted by molar-refractivity contribution is 6.12. The smallest absolute Gasteiger partial charge is 0.136 e. The average molecular weight is 790 g/mol. The number of fused-ring (bicyclic) bond motifs is 7. The van der Waals surface area contributed by atoms with Crippen LogP contribution in [0.25, 0.3) is 98.8 Å². The van der Waals surface area contributed by atoms with Crippen molar-refractivity contribution < 1.29 is 4.42 Å². The second-order valence-electron chi connectivity index (χ2n) is 16.1. The van der Waals surface area contributed by atoms with Crippen molar-refractivity contribution in [1.82, 2.24) is 0 Å². The normalized spacial score (nSPS) is 11.5. The van der Waals surface area contributed by atoms with Gasteiger partial charge in [-0.3, -0.25) is 0 Å². The first-order valence-electron chi connectivity index (χ1n) is 21.2. The first-order valence-corrected chi connectivity index (χ1v) is 21.2. The Morgan fingerprint density at radius 2 is 0.758 bits per heavy atom. The van der Waals surface area contributed by atoms with Crippen LogP contribution < -0.4 is 4.90 Å². The van der Waals surface area contributed by atoms with Gasteiger partial charge < -0.3 is 9.32 Å². The molecule has 2 nitrogen and oxygen atoms in total. The summed E-state index contributed by atoms with van der Waals surface area (Å²) >= 11 is 0. The molecule has 0 N–H and O–H groups in total. The van der Waals surface area contributed by atoms with Gasteiger partial charge in [0, 0.05) is 27.8 Å². The molecule has 0 amide bonds. The average Bonchev–Trinajstić information content (AvgIpc) is 3.74. The predicted molar refractivity (Wildman–Crippen MR) is 263 cm³/mol. The van der Waals surface area contributed by atoms with E-state index in [1.807, 2.05) is 12.1 Å². The summed E-state index contributed by atoms with van der Waals surface area (Å²) in [4.78, 5) is 2.36. The number of furan rings is 1. The van der Waals surface area contributed by atoms with Crippen LogP contribution in [0.5, 0.6) is 0 Å². The van der Waals surface area contributed by atoms with Gasteiger partial charge in [-0.05, 0) is 137 Å². The minimum atomic E-state index is 0.900. The fraction of sp³-hybridized carbons (Fsp3) is 0. The van der Waals surface area contributed by atoms with E-state index < -0.39 is 0 Å². The highest BCUT2D eigenvalue weighted by Gasteiger charge is 2.17. The van der Waals surface area contributed by atoms with E-state index in [4.69, 9.17) is 4.42 Å². The van der Waals surface area contributed by atoms with E-state index in [2.05, 4.69) is 229 Å². The van der Waals surface area contributed by atoms with Crippen LogP contribution in [0.1, 0.15) is 0 Å². The standard InChI is InChI=1S/C60H39NO/c1-2-11-47-37-49(27-23-40(47)9-1)43-29-33-51(34-30-43)61(52-35-31-45(32-36-52)55-16-8-18-59-60(55)56-15-5-6-17-58(56)62-59)53-13-7-12-48(38-53)41-19-21-42(22-20-41)50-28-26-46-25-24-44-10-3-4-14-54(44)57(46)39-50/h1-39H. The van der Waals surface area contributed by atoms with Crippen molar-refractivity contribution in [3.05, 3.63) is 237 Å². The fourth-order valence-corrected chi connectivity index (χ4v) is 9.29. The number of rotatable bonds is 7. The lowest BCUT2D eigenvalue weighted by Gasteiger charge is -2.26. The monoisotopic (exact) mass is 789 g/mol. The third-order valence-electron chi connectivity index (χ3n) is 12.4. The third kappa shape index (κ3) is 6.29. The van der Waals surface area contributed by atoms with Gasteiger partial charge in [-0.1, -0.05) is 176 Å². The molecule has 290 valence electrons.